The SMILES string of the molecule is COCCN=C(NN)N1CCCC2CCCC21. The predicted molar refractivity (Wildman–Crippen MR) is 68.6 cm³/mol. The molecule has 0 radical (unpaired) electrons. The van der Waals surface area contributed by atoms with Gasteiger partial charge in [-0.3, -0.25) is 5.43 Å². The lowest BCUT2D eigenvalue weighted by atomic mass is 9.92. The molecule has 0 aromatic rings. The number of piperidine rings is 1. The van der Waals surface area contributed by atoms with E-state index in [1.54, 1.807) is 7.11 Å². The van der Waals surface area contributed by atoms with Gasteiger partial charge in [-0.25, -0.2) is 10.8 Å². The largest absolute Gasteiger partial charge is 0.383 e. The van der Waals surface area contributed by atoms with E-state index in [1.165, 1.54) is 32.1 Å². The zero-order valence-corrected chi connectivity index (χ0v) is 10.7. The van der Waals surface area contributed by atoms with Crippen LogP contribution in [0.1, 0.15) is 32.1 Å². The van der Waals surface area contributed by atoms with Gasteiger partial charge in [0.15, 0.2) is 0 Å². The van der Waals surface area contributed by atoms with Crippen molar-refractivity contribution in [2.24, 2.45) is 16.8 Å². The first-order chi connectivity index (χ1) is 8.36. The molecule has 2 rings (SSSR count). The lowest BCUT2D eigenvalue weighted by Gasteiger charge is -2.39. The molecule has 0 aromatic heterocycles. The number of likely N-dealkylation sites (tertiary alicyclic amines) is 1. The molecular formula is C12H24N4O. The van der Waals surface area contributed by atoms with Crippen molar-refractivity contribution in [2.45, 2.75) is 38.1 Å². The summed E-state index contributed by atoms with van der Waals surface area (Å²) in [6.07, 6.45) is 6.64. The highest BCUT2D eigenvalue weighted by molar-refractivity contribution is 5.79. The molecule has 1 saturated heterocycles. The Morgan fingerprint density at radius 1 is 1.41 bits per heavy atom. The predicted octanol–water partition coefficient (Wildman–Crippen LogP) is 0.717. The van der Waals surface area contributed by atoms with Gasteiger partial charge in [0.1, 0.15) is 0 Å². The summed E-state index contributed by atoms with van der Waals surface area (Å²) < 4.78 is 5.02. The number of nitrogens with one attached hydrogen (secondary N) is 1. The van der Waals surface area contributed by atoms with Crippen molar-refractivity contribution in [3.63, 3.8) is 0 Å². The zero-order valence-electron chi connectivity index (χ0n) is 10.7. The van der Waals surface area contributed by atoms with E-state index in [1.807, 2.05) is 0 Å². The van der Waals surface area contributed by atoms with Gasteiger partial charge >= 0.3 is 0 Å². The van der Waals surface area contributed by atoms with Crippen molar-refractivity contribution in [1.82, 2.24) is 10.3 Å². The molecule has 1 aliphatic carbocycles. The van der Waals surface area contributed by atoms with Crippen molar-refractivity contribution in [2.75, 3.05) is 26.8 Å². The lowest BCUT2D eigenvalue weighted by molar-refractivity contribution is 0.183. The molecule has 3 N–H and O–H groups in total. The van der Waals surface area contributed by atoms with Crippen LogP contribution in [0, 0.1) is 5.92 Å². The summed E-state index contributed by atoms with van der Waals surface area (Å²) in [5, 5.41) is 0. The Labute approximate surface area is 103 Å². The third-order valence-electron chi connectivity index (χ3n) is 3.95. The van der Waals surface area contributed by atoms with E-state index in [-0.39, 0.29) is 0 Å². The molecule has 5 heteroatoms. The third-order valence-corrected chi connectivity index (χ3v) is 3.95. The highest BCUT2D eigenvalue weighted by atomic mass is 16.5. The summed E-state index contributed by atoms with van der Waals surface area (Å²) in [7, 11) is 1.69. The van der Waals surface area contributed by atoms with E-state index < -0.39 is 0 Å². The molecule has 2 atom stereocenters. The average Bonchev–Trinajstić information content (AvgIpc) is 2.83. The second-order valence-electron chi connectivity index (χ2n) is 4.94. The first-order valence-corrected chi connectivity index (χ1v) is 6.63. The molecule has 1 aliphatic heterocycles. The third kappa shape index (κ3) is 2.90. The van der Waals surface area contributed by atoms with E-state index in [0.29, 0.717) is 19.2 Å². The van der Waals surface area contributed by atoms with Crippen molar-refractivity contribution < 1.29 is 4.74 Å². The maximum atomic E-state index is 5.61. The first-order valence-electron chi connectivity index (χ1n) is 6.63. The van der Waals surface area contributed by atoms with Crippen LogP contribution in [-0.2, 0) is 4.74 Å². The highest BCUT2D eigenvalue weighted by Crippen LogP contribution is 2.36. The molecule has 0 aromatic carbocycles. The molecule has 0 spiro atoms. The van der Waals surface area contributed by atoms with Crippen molar-refractivity contribution in [3.8, 4) is 0 Å². The summed E-state index contributed by atoms with van der Waals surface area (Å²) in [5.41, 5.74) is 2.76. The molecule has 17 heavy (non-hydrogen) atoms. The number of guanidine groups is 1. The maximum Gasteiger partial charge on any atom is 0.208 e. The van der Waals surface area contributed by atoms with E-state index in [4.69, 9.17) is 10.6 Å². The zero-order chi connectivity index (χ0) is 12.1. The number of hydrazine groups is 1. The monoisotopic (exact) mass is 240 g/mol. The van der Waals surface area contributed by atoms with Crippen LogP contribution in [0.15, 0.2) is 4.99 Å². The van der Waals surface area contributed by atoms with Gasteiger partial charge in [0.2, 0.25) is 5.96 Å². The molecule has 0 amide bonds. The second-order valence-corrected chi connectivity index (χ2v) is 4.94. The molecule has 1 saturated carbocycles. The van der Waals surface area contributed by atoms with Crippen LogP contribution < -0.4 is 11.3 Å². The summed E-state index contributed by atoms with van der Waals surface area (Å²) in [6, 6.07) is 0.654. The Morgan fingerprint density at radius 3 is 3.00 bits per heavy atom. The Morgan fingerprint density at radius 2 is 2.24 bits per heavy atom. The van der Waals surface area contributed by atoms with Crippen LogP contribution >= 0.6 is 0 Å². The van der Waals surface area contributed by atoms with E-state index >= 15 is 0 Å². The highest BCUT2D eigenvalue weighted by Gasteiger charge is 2.36. The molecule has 1 heterocycles. The second kappa shape index (κ2) is 6.21. The van der Waals surface area contributed by atoms with Gasteiger partial charge in [0, 0.05) is 19.7 Å². The minimum atomic E-state index is 0.646. The molecule has 5 nitrogen and oxygen atoms in total. The fourth-order valence-corrected chi connectivity index (χ4v) is 3.18. The molecule has 2 aliphatic rings. The average molecular weight is 240 g/mol. The summed E-state index contributed by atoms with van der Waals surface area (Å²) in [6.45, 7) is 2.40. The van der Waals surface area contributed by atoms with E-state index in [0.717, 1.165) is 18.4 Å². The van der Waals surface area contributed by atoms with E-state index in [2.05, 4.69) is 15.3 Å². The van der Waals surface area contributed by atoms with E-state index in [9.17, 15) is 0 Å². The molecule has 98 valence electrons. The van der Waals surface area contributed by atoms with Crippen LogP contribution in [0.5, 0.6) is 0 Å². The Bertz CT molecular complexity index is 269. The number of nitrogens with zero attached hydrogens (tertiary/aromatic N) is 2. The maximum absolute atomic E-state index is 5.61. The van der Waals surface area contributed by atoms with Gasteiger partial charge in [-0.15, -0.1) is 0 Å². The number of rotatable bonds is 3. The molecule has 2 unspecified atom stereocenters. The minimum Gasteiger partial charge on any atom is -0.383 e. The van der Waals surface area contributed by atoms with Gasteiger partial charge in [-0.2, -0.15) is 0 Å². The number of nitrogens with two attached hydrogens (primary N) is 1. The number of ether oxygens (including phenoxy) is 1. The molecule has 0 bridgehead atoms. The molecule has 2 fully saturated rings. The van der Waals surface area contributed by atoms with Crippen LogP contribution in [0.2, 0.25) is 0 Å². The quantitative estimate of drug-likeness (QED) is 0.251. The number of methoxy groups -OCH3 is 1. The van der Waals surface area contributed by atoms with Crippen LogP contribution in [0.3, 0.4) is 0 Å². The number of hydrogen-bond acceptors (Lipinski definition) is 3. The Hall–Kier alpha value is -0.810. The Balaban J connectivity index is 1.99. The number of fused-ring (bicyclic) bond motifs is 1. The Kier molecular flexibility index (Phi) is 4.62. The van der Waals surface area contributed by atoms with Crippen molar-refractivity contribution >= 4 is 5.96 Å². The van der Waals surface area contributed by atoms with Crippen molar-refractivity contribution in [1.29, 1.82) is 0 Å². The lowest BCUT2D eigenvalue weighted by Crippen LogP contribution is -2.53. The summed E-state index contributed by atoms with van der Waals surface area (Å²) >= 11 is 0. The fourth-order valence-electron chi connectivity index (χ4n) is 3.18. The minimum absolute atomic E-state index is 0.646. The summed E-state index contributed by atoms with van der Waals surface area (Å²) in [4.78, 5) is 6.87. The molecular weight excluding hydrogens is 216 g/mol. The fraction of sp³-hybridized carbons (Fsp3) is 0.917. The van der Waals surface area contributed by atoms with Gasteiger partial charge in [0.05, 0.1) is 13.2 Å². The standard InChI is InChI=1S/C12H24N4O/c1-17-9-7-14-12(15-13)16-8-3-5-10-4-2-6-11(10)16/h10-11H,2-9,13H2,1H3,(H,14,15). The number of aliphatic imine (C=N–C) groups is 1. The smallest absolute Gasteiger partial charge is 0.208 e. The summed E-state index contributed by atoms with van der Waals surface area (Å²) in [5.74, 6) is 7.30. The van der Waals surface area contributed by atoms with Crippen LogP contribution in [0.4, 0.5) is 0 Å². The van der Waals surface area contributed by atoms with Crippen molar-refractivity contribution in [3.05, 3.63) is 0 Å². The number of hydrogen-bond donors (Lipinski definition) is 2. The van der Waals surface area contributed by atoms with Gasteiger partial charge in [-0.1, -0.05) is 6.42 Å². The first kappa shape index (κ1) is 12.6. The van der Waals surface area contributed by atoms with Gasteiger partial charge in [0.25, 0.3) is 0 Å². The van der Waals surface area contributed by atoms with Crippen LogP contribution in [-0.4, -0.2) is 43.7 Å². The normalized spacial score (nSPS) is 29.3. The van der Waals surface area contributed by atoms with Gasteiger partial charge < -0.3 is 9.64 Å². The van der Waals surface area contributed by atoms with Gasteiger partial charge in [-0.05, 0) is 31.6 Å². The van der Waals surface area contributed by atoms with Crippen LogP contribution in [0.25, 0.3) is 0 Å². The topological polar surface area (TPSA) is 62.9 Å².